The minimum atomic E-state index is -0.812. The maximum absolute atomic E-state index is 11.4. The fourth-order valence-electron chi connectivity index (χ4n) is 1.49. The van der Waals surface area contributed by atoms with E-state index in [2.05, 4.69) is 20.8 Å². The first-order valence-electron chi connectivity index (χ1n) is 6.16. The minimum absolute atomic E-state index is 0.134. The zero-order valence-corrected chi connectivity index (χ0v) is 10.9. The van der Waals surface area contributed by atoms with E-state index >= 15 is 0 Å². The number of aromatic nitrogens is 3. The van der Waals surface area contributed by atoms with Crippen LogP contribution in [0.2, 0.25) is 0 Å². The van der Waals surface area contributed by atoms with Gasteiger partial charge in [-0.1, -0.05) is 0 Å². The Morgan fingerprint density at radius 1 is 1.32 bits per heavy atom. The average Bonchev–Trinajstić information content (AvgIpc) is 2.74. The molecular weight excluding hydrogens is 250 g/mol. The molecule has 0 atom stereocenters. The van der Waals surface area contributed by atoms with Gasteiger partial charge in [-0.2, -0.15) is 0 Å². The summed E-state index contributed by atoms with van der Waals surface area (Å²) in [5, 5.41) is 21.4. The number of unbranched alkanes of at least 4 members (excludes halogenated alkanes) is 1. The van der Waals surface area contributed by atoms with E-state index < -0.39 is 5.97 Å². The minimum Gasteiger partial charge on any atom is -0.481 e. The zero-order chi connectivity index (χ0) is 14.1. The highest BCUT2D eigenvalue weighted by Crippen LogP contribution is 1.93. The lowest BCUT2D eigenvalue weighted by molar-refractivity contribution is -0.137. The SMILES string of the molecule is Cn1cnnc1CCNC(=O)NCCCCC(=O)O. The molecule has 0 spiro atoms. The van der Waals surface area contributed by atoms with Crippen LogP contribution in [0.5, 0.6) is 0 Å². The number of carbonyl (C=O) groups is 2. The molecule has 0 saturated carbocycles. The molecule has 8 heteroatoms. The number of hydrogen-bond acceptors (Lipinski definition) is 4. The quantitative estimate of drug-likeness (QED) is 0.571. The monoisotopic (exact) mass is 269 g/mol. The van der Waals surface area contributed by atoms with Gasteiger partial charge in [-0.3, -0.25) is 4.79 Å². The van der Waals surface area contributed by atoms with Gasteiger partial charge in [0.15, 0.2) is 0 Å². The summed E-state index contributed by atoms with van der Waals surface area (Å²) in [5.41, 5.74) is 0. The molecule has 1 aromatic heterocycles. The molecule has 1 aromatic rings. The van der Waals surface area contributed by atoms with Crippen LogP contribution in [0, 0.1) is 0 Å². The topological polar surface area (TPSA) is 109 Å². The number of nitrogens with zero attached hydrogens (tertiary/aromatic N) is 3. The Hall–Kier alpha value is -2.12. The number of amides is 2. The number of nitrogens with one attached hydrogen (secondary N) is 2. The number of carbonyl (C=O) groups excluding carboxylic acids is 1. The number of carboxylic acids is 1. The van der Waals surface area contributed by atoms with E-state index in [1.165, 1.54) is 0 Å². The summed E-state index contributed by atoms with van der Waals surface area (Å²) in [7, 11) is 1.85. The van der Waals surface area contributed by atoms with Gasteiger partial charge in [-0.25, -0.2) is 4.79 Å². The molecule has 3 N–H and O–H groups in total. The van der Waals surface area contributed by atoms with Crippen molar-refractivity contribution >= 4 is 12.0 Å². The Morgan fingerprint density at radius 2 is 2.05 bits per heavy atom. The maximum atomic E-state index is 11.4. The molecule has 0 bridgehead atoms. The third-order valence-electron chi connectivity index (χ3n) is 2.54. The van der Waals surface area contributed by atoms with Crippen molar-refractivity contribution in [2.45, 2.75) is 25.7 Å². The highest BCUT2D eigenvalue weighted by atomic mass is 16.4. The van der Waals surface area contributed by atoms with Crippen LogP contribution in [0.25, 0.3) is 0 Å². The summed E-state index contributed by atoms with van der Waals surface area (Å²) in [5.74, 6) is -0.00473. The standard InChI is InChI=1S/C11H19N5O3/c1-16-8-14-15-9(16)5-7-13-11(19)12-6-3-2-4-10(17)18/h8H,2-7H2,1H3,(H,17,18)(H2,12,13,19). The van der Waals surface area contributed by atoms with Crippen molar-refractivity contribution in [1.82, 2.24) is 25.4 Å². The molecule has 0 fully saturated rings. The second-order valence-electron chi connectivity index (χ2n) is 4.14. The first kappa shape index (κ1) is 14.9. The maximum Gasteiger partial charge on any atom is 0.314 e. The van der Waals surface area contributed by atoms with E-state index in [1.54, 1.807) is 10.9 Å². The second kappa shape index (κ2) is 8.06. The molecule has 2 amide bonds. The van der Waals surface area contributed by atoms with Crippen LogP contribution in [0.15, 0.2) is 6.33 Å². The van der Waals surface area contributed by atoms with Crippen LogP contribution >= 0.6 is 0 Å². The van der Waals surface area contributed by atoms with E-state index in [1.807, 2.05) is 7.05 Å². The van der Waals surface area contributed by atoms with Gasteiger partial charge in [0.25, 0.3) is 0 Å². The highest BCUT2D eigenvalue weighted by Gasteiger charge is 2.03. The molecule has 0 radical (unpaired) electrons. The van der Waals surface area contributed by atoms with Crippen molar-refractivity contribution in [2.24, 2.45) is 7.05 Å². The molecule has 0 aliphatic carbocycles. The van der Waals surface area contributed by atoms with Crippen molar-refractivity contribution in [3.8, 4) is 0 Å². The number of hydrogen-bond donors (Lipinski definition) is 3. The molecule has 8 nitrogen and oxygen atoms in total. The van der Waals surface area contributed by atoms with Gasteiger partial charge >= 0.3 is 12.0 Å². The van der Waals surface area contributed by atoms with Crippen molar-refractivity contribution in [1.29, 1.82) is 0 Å². The Balaban J connectivity index is 2.02. The lowest BCUT2D eigenvalue weighted by Crippen LogP contribution is -2.37. The van der Waals surface area contributed by atoms with Gasteiger partial charge in [0.05, 0.1) is 0 Å². The number of rotatable bonds is 8. The molecule has 0 unspecified atom stereocenters. The summed E-state index contributed by atoms with van der Waals surface area (Å²) in [6, 6.07) is -0.252. The van der Waals surface area contributed by atoms with Crippen molar-refractivity contribution in [3.63, 3.8) is 0 Å². The van der Waals surface area contributed by atoms with Crippen molar-refractivity contribution in [3.05, 3.63) is 12.2 Å². The van der Waals surface area contributed by atoms with E-state index in [9.17, 15) is 9.59 Å². The molecule has 0 saturated heterocycles. The predicted octanol–water partition coefficient (Wildman–Crippen LogP) is -0.0883. The van der Waals surface area contributed by atoms with Crippen LogP contribution in [0.4, 0.5) is 4.79 Å². The summed E-state index contributed by atoms with van der Waals surface area (Å²) in [6.07, 6.45) is 3.58. The fraction of sp³-hybridized carbons (Fsp3) is 0.636. The van der Waals surface area contributed by atoms with Crippen LogP contribution < -0.4 is 10.6 Å². The third-order valence-corrected chi connectivity index (χ3v) is 2.54. The zero-order valence-electron chi connectivity index (χ0n) is 10.9. The largest absolute Gasteiger partial charge is 0.481 e. The normalized spacial score (nSPS) is 10.2. The molecule has 0 aliphatic rings. The Morgan fingerprint density at radius 3 is 2.68 bits per heavy atom. The van der Waals surface area contributed by atoms with E-state index in [-0.39, 0.29) is 12.5 Å². The molecule has 1 heterocycles. The van der Waals surface area contributed by atoms with Gasteiger partial charge in [-0.05, 0) is 12.8 Å². The average molecular weight is 269 g/mol. The van der Waals surface area contributed by atoms with Crippen LogP contribution in [0.3, 0.4) is 0 Å². The Bertz CT molecular complexity index is 418. The van der Waals surface area contributed by atoms with Gasteiger partial charge in [0.2, 0.25) is 0 Å². The molecule has 0 aliphatic heterocycles. The van der Waals surface area contributed by atoms with Crippen LogP contribution in [0.1, 0.15) is 25.1 Å². The summed E-state index contributed by atoms with van der Waals surface area (Å²) >= 11 is 0. The highest BCUT2D eigenvalue weighted by molar-refractivity contribution is 5.73. The van der Waals surface area contributed by atoms with Gasteiger partial charge in [-0.15, -0.1) is 10.2 Å². The number of aliphatic carboxylic acids is 1. The summed E-state index contributed by atoms with van der Waals surface area (Å²) in [6.45, 7) is 0.955. The van der Waals surface area contributed by atoms with Crippen molar-refractivity contribution < 1.29 is 14.7 Å². The number of urea groups is 1. The van der Waals surface area contributed by atoms with Gasteiger partial charge < -0.3 is 20.3 Å². The van der Waals surface area contributed by atoms with Crippen molar-refractivity contribution in [2.75, 3.05) is 13.1 Å². The van der Waals surface area contributed by atoms with E-state index in [0.29, 0.717) is 32.4 Å². The first-order chi connectivity index (χ1) is 9.09. The summed E-state index contributed by atoms with van der Waals surface area (Å²) in [4.78, 5) is 21.6. The molecule has 1 rings (SSSR count). The number of aryl methyl sites for hydroxylation is 1. The van der Waals surface area contributed by atoms with E-state index in [4.69, 9.17) is 5.11 Å². The molecule has 19 heavy (non-hydrogen) atoms. The Kier molecular flexibility index (Phi) is 6.34. The molecule has 0 aromatic carbocycles. The van der Waals surface area contributed by atoms with Gasteiger partial charge in [0.1, 0.15) is 12.2 Å². The summed E-state index contributed by atoms with van der Waals surface area (Å²) < 4.78 is 1.80. The lowest BCUT2D eigenvalue weighted by Gasteiger charge is -2.06. The first-order valence-corrected chi connectivity index (χ1v) is 6.16. The number of carboxylic acid groups (broad SMARTS) is 1. The van der Waals surface area contributed by atoms with Crippen LogP contribution in [-0.2, 0) is 18.3 Å². The molecular formula is C11H19N5O3. The smallest absolute Gasteiger partial charge is 0.314 e. The third kappa shape index (κ3) is 6.39. The van der Waals surface area contributed by atoms with Gasteiger partial charge in [0, 0.05) is 33.0 Å². The predicted molar refractivity (Wildman–Crippen MR) is 67.6 cm³/mol. The second-order valence-corrected chi connectivity index (χ2v) is 4.14. The Labute approximate surface area is 111 Å². The van der Waals surface area contributed by atoms with Crippen LogP contribution in [-0.4, -0.2) is 45.0 Å². The molecule has 106 valence electrons. The van der Waals surface area contributed by atoms with E-state index in [0.717, 1.165) is 5.82 Å². The fourth-order valence-corrected chi connectivity index (χ4v) is 1.49. The lowest BCUT2D eigenvalue weighted by atomic mass is 10.2.